The molecule has 0 nitrogen and oxygen atoms in total. The molecule has 0 N–H and O–H groups in total. The van der Waals surface area contributed by atoms with Crippen LogP contribution < -0.4 is 0 Å². The van der Waals surface area contributed by atoms with Crippen LogP contribution >= 0.6 is 0 Å². The zero-order chi connectivity index (χ0) is 8.10. The van der Waals surface area contributed by atoms with Crippen LogP contribution in [0.2, 0.25) is 0 Å². The van der Waals surface area contributed by atoms with Crippen molar-refractivity contribution in [2.24, 2.45) is 11.8 Å². The van der Waals surface area contributed by atoms with E-state index in [1.807, 2.05) is 0 Å². The first-order valence-electron chi connectivity index (χ1n) is 5.18. The van der Waals surface area contributed by atoms with Crippen molar-refractivity contribution < 1.29 is 0 Å². The standard InChI is InChI=1S/C11H21/c1-3-7-10(2)11-8-5-4-6-9-11/h7,10-11H,3-6,8-9H2,1-2H3. The lowest BCUT2D eigenvalue weighted by molar-refractivity contribution is 0.285. The van der Waals surface area contributed by atoms with E-state index in [1.54, 1.807) is 0 Å². The Balaban J connectivity index is 2.21. The fourth-order valence-electron chi connectivity index (χ4n) is 2.22. The van der Waals surface area contributed by atoms with Gasteiger partial charge in [0.2, 0.25) is 0 Å². The molecule has 1 radical (unpaired) electrons. The van der Waals surface area contributed by atoms with Crippen molar-refractivity contribution in [2.45, 2.75) is 52.4 Å². The second-order valence-electron chi connectivity index (χ2n) is 3.90. The Morgan fingerprint density at radius 3 is 2.45 bits per heavy atom. The second kappa shape index (κ2) is 4.79. The van der Waals surface area contributed by atoms with E-state index in [4.69, 9.17) is 0 Å². The maximum absolute atomic E-state index is 2.48. The van der Waals surface area contributed by atoms with Gasteiger partial charge in [-0.3, -0.25) is 0 Å². The first-order valence-corrected chi connectivity index (χ1v) is 5.18. The van der Waals surface area contributed by atoms with Crippen LogP contribution in [0.25, 0.3) is 0 Å². The predicted octanol–water partition coefficient (Wildman–Crippen LogP) is 3.82. The number of hydrogen-bond acceptors (Lipinski definition) is 0. The summed E-state index contributed by atoms with van der Waals surface area (Å²) in [5, 5.41) is 0. The minimum Gasteiger partial charge on any atom is -0.0651 e. The van der Waals surface area contributed by atoms with Gasteiger partial charge >= 0.3 is 0 Å². The van der Waals surface area contributed by atoms with Gasteiger partial charge in [0.25, 0.3) is 0 Å². The van der Waals surface area contributed by atoms with Crippen molar-refractivity contribution in [1.29, 1.82) is 0 Å². The molecule has 0 amide bonds. The molecule has 1 saturated carbocycles. The highest BCUT2D eigenvalue weighted by molar-refractivity contribution is 4.79. The zero-order valence-electron chi connectivity index (χ0n) is 7.97. The molecule has 0 spiro atoms. The Labute approximate surface area is 71.4 Å². The Kier molecular flexibility index (Phi) is 3.96. The third-order valence-corrected chi connectivity index (χ3v) is 3.00. The van der Waals surface area contributed by atoms with Crippen molar-refractivity contribution in [1.82, 2.24) is 0 Å². The lowest BCUT2D eigenvalue weighted by atomic mass is 9.79. The van der Waals surface area contributed by atoms with E-state index in [9.17, 15) is 0 Å². The maximum atomic E-state index is 2.48. The van der Waals surface area contributed by atoms with E-state index in [-0.39, 0.29) is 0 Å². The third kappa shape index (κ3) is 2.84. The molecule has 1 rings (SSSR count). The summed E-state index contributed by atoms with van der Waals surface area (Å²) in [5.41, 5.74) is 0. The largest absolute Gasteiger partial charge is 0.0651 e. The lowest BCUT2D eigenvalue weighted by Gasteiger charge is -2.27. The van der Waals surface area contributed by atoms with Crippen molar-refractivity contribution in [3.8, 4) is 0 Å². The number of rotatable bonds is 3. The normalized spacial score (nSPS) is 23.5. The topological polar surface area (TPSA) is 0 Å². The molecule has 0 heteroatoms. The van der Waals surface area contributed by atoms with Crippen LogP contribution in [0.1, 0.15) is 52.4 Å². The van der Waals surface area contributed by atoms with Crippen LogP contribution in [0, 0.1) is 18.3 Å². The fourth-order valence-corrected chi connectivity index (χ4v) is 2.22. The molecule has 65 valence electrons. The Morgan fingerprint density at radius 2 is 1.91 bits per heavy atom. The van der Waals surface area contributed by atoms with Gasteiger partial charge in [0.05, 0.1) is 0 Å². The average Bonchev–Trinajstić information content (AvgIpc) is 2.07. The summed E-state index contributed by atoms with van der Waals surface area (Å²) in [4.78, 5) is 0. The van der Waals surface area contributed by atoms with Crippen LogP contribution in [0.3, 0.4) is 0 Å². The molecule has 1 fully saturated rings. The van der Waals surface area contributed by atoms with Crippen molar-refractivity contribution in [3.63, 3.8) is 0 Å². The van der Waals surface area contributed by atoms with Gasteiger partial charge in [-0.2, -0.15) is 0 Å². The van der Waals surface area contributed by atoms with Crippen molar-refractivity contribution in [3.05, 3.63) is 6.42 Å². The molecule has 0 aromatic carbocycles. The van der Waals surface area contributed by atoms with Gasteiger partial charge in [0, 0.05) is 0 Å². The van der Waals surface area contributed by atoms with Crippen molar-refractivity contribution >= 4 is 0 Å². The monoisotopic (exact) mass is 153 g/mol. The third-order valence-electron chi connectivity index (χ3n) is 3.00. The Bertz CT molecular complexity index is 90.2. The smallest absolute Gasteiger partial charge is 0.0357 e. The summed E-state index contributed by atoms with van der Waals surface area (Å²) in [7, 11) is 0. The highest BCUT2D eigenvalue weighted by Crippen LogP contribution is 2.31. The molecule has 1 atom stereocenters. The quantitative estimate of drug-likeness (QED) is 0.578. The molecule has 1 aliphatic rings. The van der Waals surface area contributed by atoms with Gasteiger partial charge in [-0.05, 0) is 18.3 Å². The first-order chi connectivity index (χ1) is 5.34. The number of hydrogen-bond donors (Lipinski definition) is 0. The van der Waals surface area contributed by atoms with E-state index < -0.39 is 0 Å². The average molecular weight is 153 g/mol. The summed E-state index contributed by atoms with van der Waals surface area (Å²) in [6.45, 7) is 4.64. The molecule has 1 unspecified atom stereocenters. The predicted molar refractivity (Wildman–Crippen MR) is 50.3 cm³/mol. The summed E-state index contributed by atoms with van der Waals surface area (Å²) in [6.07, 6.45) is 11.1. The summed E-state index contributed by atoms with van der Waals surface area (Å²) >= 11 is 0. The van der Waals surface area contributed by atoms with Crippen LogP contribution in [-0.2, 0) is 0 Å². The van der Waals surface area contributed by atoms with Crippen LogP contribution in [0.5, 0.6) is 0 Å². The lowest BCUT2D eigenvalue weighted by Crippen LogP contribution is -2.15. The molecule has 1 aliphatic carbocycles. The SMILES string of the molecule is CC[CH]C(C)C1CCCCC1. The Hall–Kier alpha value is 0. The van der Waals surface area contributed by atoms with Gasteiger partial charge in [0.1, 0.15) is 0 Å². The molecule has 0 bridgehead atoms. The Morgan fingerprint density at radius 1 is 1.27 bits per heavy atom. The first kappa shape index (κ1) is 9.09. The van der Waals surface area contributed by atoms with E-state index in [0.717, 1.165) is 11.8 Å². The van der Waals surface area contributed by atoms with Gasteiger partial charge in [-0.15, -0.1) is 0 Å². The van der Waals surface area contributed by atoms with E-state index in [2.05, 4.69) is 20.3 Å². The zero-order valence-corrected chi connectivity index (χ0v) is 7.97. The van der Waals surface area contributed by atoms with E-state index in [1.165, 1.54) is 38.5 Å². The minimum atomic E-state index is 0.875. The molecule has 0 aromatic rings. The molecule has 0 aromatic heterocycles. The molecular weight excluding hydrogens is 132 g/mol. The summed E-state index contributed by atoms with van der Waals surface area (Å²) in [5.74, 6) is 1.89. The van der Waals surface area contributed by atoms with Gasteiger partial charge in [-0.25, -0.2) is 0 Å². The fraction of sp³-hybridized carbons (Fsp3) is 0.909. The molecule has 0 aliphatic heterocycles. The highest BCUT2D eigenvalue weighted by Gasteiger charge is 2.18. The maximum Gasteiger partial charge on any atom is -0.0357 e. The second-order valence-corrected chi connectivity index (χ2v) is 3.90. The summed E-state index contributed by atoms with van der Waals surface area (Å²) in [6, 6.07) is 0. The molecule has 11 heavy (non-hydrogen) atoms. The molecular formula is C11H21. The van der Waals surface area contributed by atoms with Gasteiger partial charge in [0.15, 0.2) is 0 Å². The molecule has 0 heterocycles. The van der Waals surface area contributed by atoms with Crippen LogP contribution in [0.15, 0.2) is 0 Å². The van der Waals surface area contributed by atoms with E-state index in [0.29, 0.717) is 0 Å². The van der Waals surface area contributed by atoms with Crippen molar-refractivity contribution in [2.75, 3.05) is 0 Å². The van der Waals surface area contributed by atoms with Gasteiger partial charge < -0.3 is 0 Å². The minimum absolute atomic E-state index is 0.875. The van der Waals surface area contributed by atoms with Crippen LogP contribution in [0.4, 0.5) is 0 Å². The van der Waals surface area contributed by atoms with Crippen LogP contribution in [-0.4, -0.2) is 0 Å². The van der Waals surface area contributed by atoms with E-state index >= 15 is 0 Å². The highest BCUT2D eigenvalue weighted by atomic mass is 14.2. The summed E-state index contributed by atoms with van der Waals surface area (Å²) < 4.78 is 0. The molecule has 0 saturated heterocycles. The van der Waals surface area contributed by atoms with Gasteiger partial charge in [-0.1, -0.05) is 52.4 Å².